The Morgan fingerprint density at radius 1 is 1.41 bits per heavy atom. The molecule has 2 heterocycles. The van der Waals surface area contributed by atoms with Gasteiger partial charge in [-0.2, -0.15) is 0 Å². The van der Waals surface area contributed by atoms with Gasteiger partial charge in [0, 0.05) is 22.3 Å². The van der Waals surface area contributed by atoms with Gasteiger partial charge in [-0.05, 0) is 53.2 Å². The molecule has 0 amide bonds. The largest absolute Gasteiger partial charge is 0.303 e. The number of imidazole rings is 1. The maximum Gasteiger partial charge on any atom is 0.137 e. The van der Waals surface area contributed by atoms with Crippen LogP contribution in [-0.2, 0) is 6.42 Å². The zero-order chi connectivity index (χ0) is 12.0. The first kappa shape index (κ1) is 11.3. The number of hydrogen-bond acceptors (Lipinski definition) is 1. The standard InChI is InChI=1S/C14H17BrN2/c1-9(2)7-12-14(10-3-4-10)16-13-6-5-11(15)8-17(12)13/h5-6,8-10H,3-4,7H2,1-2H3. The quantitative estimate of drug-likeness (QED) is 0.830. The van der Waals surface area contributed by atoms with Crippen molar-refractivity contribution in [2.45, 2.75) is 39.0 Å². The summed E-state index contributed by atoms with van der Waals surface area (Å²) in [6.07, 6.45) is 5.89. The SMILES string of the molecule is CC(C)Cc1c(C2CC2)nc2ccc(Br)cn12. The molecule has 1 fully saturated rings. The Hall–Kier alpha value is -0.830. The van der Waals surface area contributed by atoms with Crippen molar-refractivity contribution in [2.24, 2.45) is 5.92 Å². The Labute approximate surface area is 110 Å². The summed E-state index contributed by atoms with van der Waals surface area (Å²) in [6.45, 7) is 4.54. The molecule has 0 N–H and O–H groups in total. The molecule has 1 aliphatic carbocycles. The van der Waals surface area contributed by atoms with Crippen LogP contribution < -0.4 is 0 Å². The summed E-state index contributed by atoms with van der Waals surface area (Å²) in [5.41, 5.74) is 3.85. The van der Waals surface area contributed by atoms with Gasteiger partial charge in [0.15, 0.2) is 0 Å². The molecule has 2 aromatic heterocycles. The molecule has 0 bridgehead atoms. The van der Waals surface area contributed by atoms with Crippen molar-refractivity contribution in [1.82, 2.24) is 9.38 Å². The fourth-order valence-electron chi connectivity index (χ4n) is 2.36. The van der Waals surface area contributed by atoms with Gasteiger partial charge in [-0.1, -0.05) is 13.8 Å². The summed E-state index contributed by atoms with van der Waals surface area (Å²) in [5, 5.41) is 0. The van der Waals surface area contributed by atoms with Crippen molar-refractivity contribution < 1.29 is 0 Å². The van der Waals surface area contributed by atoms with E-state index in [1.54, 1.807) is 0 Å². The Bertz CT molecular complexity index is 553. The Kier molecular flexibility index (Phi) is 2.74. The molecule has 2 aromatic rings. The highest BCUT2D eigenvalue weighted by atomic mass is 79.9. The monoisotopic (exact) mass is 292 g/mol. The molecule has 90 valence electrons. The number of rotatable bonds is 3. The molecular formula is C14H17BrN2. The van der Waals surface area contributed by atoms with Crippen LogP contribution in [0.2, 0.25) is 0 Å². The van der Waals surface area contributed by atoms with E-state index in [1.165, 1.54) is 24.2 Å². The molecular weight excluding hydrogens is 276 g/mol. The van der Waals surface area contributed by atoms with Crippen molar-refractivity contribution in [2.75, 3.05) is 0 Å². The number of nitrogens with zero attached hydrogens (tertiary/aromatic N) is 2. The lowest BCUT2D eigenvalue weighted by Gasteiger charge is -2.07. The van der Waals surface area contributed by atoms with Gasteiger partial charge in [0.05, 0.1) is 5.69 Å². The van der Waals surface area contributed by atoms with E-state index in [-0.39, 0.29) is 0 Å². The van der Waals surface area contributed by atoms with Gasteiger partial charge in [0.1, 0.15) is 5.65 Å². The van der Waals surface area contributed by atoms with E-state index in [4.69, 9.17) is 4.98 Å². The van der Waals surface area contributed by atoms with Crippen molar-refractivity contribution in [1.29, 1.82) is 0 Å². The van der Waals surface area contributed by atoms with Crippen molar-refractivity contribution in [3.8, 4) is 0 Å². The van der Waals surface area contributed by atoms with E-state index in [0.29, 0.717) is 5.92 Å². The number of fused-ring (bicyclic) bond motifs is 1. The van der Waals surface area contributed by atoms with E-state index in [1.807, 2.05) is 0 Å². The lowest BCUT2D eigenvalue weighted by atomic mass is 10.1. The van der Waals surface area contributed by atoms with E-state index in [9.17, 15) is 0 Å². The van der Waals surface area contributed by atoms with Gasteiger partial charge in [-0.15, -0.1) is 0 Å². The van der Waals surface area contributed by atoms with Crippen LogP contribution in [-0.4, -0.2) is 9.38 Å². The van der Waals surface area contributed by atoms with Crippen LogP contribution in [0, 0.1) is 5.92 Å². The third kappa shape index (κ3) is 2.13. The van der Waals surface area contributed by atoms with E-state index in [2.05, 4.69) is 52.5 Å². The number of halogens is 1. The minimum Gasteiger partial charge on any atom is -0.303 e. The molecule has 3 heteroatoms. The van der Waals surface area contributed by atoms with Crippen molar-refractivity contribution in [3.05, 3.63) is 34.2 Å². The first-order chi connectivity index (χ1) is 8.15. The maximum absolute atomic E-state index is 4.81. The van der Waals surface area contributed by atoms with Crippen LogP contribution >= 0.6 is 15.9 Å². The van der Waals surface area contributed by atoms with E-state index >= 15 is 0 Å². The molecule has 0 aromatic carbocycles. The van der Waals surface area contributed by atoms with Gasteiger partial charge in [-0.25, -0.2) is 4.98 Å². The average Bonchev–Trinajstić information content (AvgIpc) is 3.04. The molecule has 17 heavy (non-hydrogen) atoms. The highest BCUT2D eigenvalue weighted by Gasteiger charge is 2.30. The van der Waals surface area contributed by atoms with Gasteiger partial charge in [-0.3, -0.25) is 0 Å². The van der Waals surface area contributed by atoms with Gasteiger partial charge < -0.3 is 4.40 Å². The third-order valence-electron chi connectivity index (χ3n) is 3.28. The van der Waals surface area contributed by atoms with E-state index in [0.717, 1.165) is 22.5 Å². The molecule has 3 rings (SSSR count). The topological polar surface area (TPSA) is 17.3 Å². The minimum absolute atomic E-state index is 0.673. The van der Waals surface area contributed by atoms with Crippen LogP contribution in [0.25, 0.3) is 5.65 Å². The lowest BCUT2D eigenvalue weighted by Crippen LogP contribution is -2.01. The summed E-state index contributed by atoms with van der Waals surface area (Å²) in [4.78, 5) is 4.81. The average molecular weight is 293 g/mol. The number of pyridine rings is 1. The summed E-state index contributed by atoms with van der Waals surface area (Å²) < 4.78 is 3.38. The first-order valence-electron chi connectivity index (χ1n) is 6.31. The summed E-state index contributed by atoms with van der Waals surface area (Å²) in [5.74, 6) is 1.40. The number of aromatic nitrogens is 2. The second kappa shape index (κ2) is 4.13. The zero-order valence-electron chi connectivity index (χ0n) is 10.3. The van der Waals surface area contributed by atoms with Crippen LogP contribution in [0.15, 0.2) is 22.8 Å². The molecule has 2 nitrogen and oxygen atoms in total. The first-order valence-corrected chi connectivity index (χ1v) is 7.11. The minimum atomic E-state index is 0.673. The smallest absolute Gasteiger partial charge is 0.137 e. The third-order valence-corrected chi connectivity index (χ3v) is 3.75. The maximum atomic E-state index is 4.81. The fourth-order valence-corrected chi connectivity index (χ4v) is 2.70. The van der Waals surface area contributed by atoms with Crippen LogP contribution in [0.4, 0.5) is 0 Å². The number of hydrogen-bond donors (Lipinski definition) is 0. The summed E-state index contributed by atoms with van der Waals surface area (Å²) in [7, 11) is 0. The van der Waals surface area contributed by atoms with E-state index < -0.39 is 0 Å². The predicted octanol–water partition coefficient (Wildman–Crippen LogP) is 4.17. The predicted molar refractivity (Wildman–Crippen MR) is 73.4 cm³/mol. The molecule has 0 spiro atoms. The molecule has 0 atom stereocenters. The molecule has 0 saturated heterocycles. The lowest BCUT2D eigenvalue weighted by molar-refractivity contribution is 0.626. The molecule has 1 aliphatic rings. The van der Waals surface area contributed by atoms with Crippen LogP contribution in [0.1, 0.15) is 44.0 Å². The Morgan fingerprint density at radius 3 is 2.82 bits per heavy atom. The van der Waals surface area contributed by atoms with Gasteiger partial charge in [0.2, 0.25) is 0 Å². The highest BCUT2D eigenvalue weighted by Crippen LogP contribution is 2.41. The molecule has 0 aliphatic heterocycles. The second-order valence-corrected chi connectivity index (χ2v) is 6.31. The second-order valence-electron chi connectivity index (χ2n) is 5.39. The normalized spacial score (nSPS) is 16.0. The van der Waals surface area contributed by atoms with Gasteiger partial charge >= 0.3 is 0 Å². The van der Waals surface area contributed by atoms with Crippen LogP contribution in [0.3, 0.4) is 0 Å². The molecule has 0 unspecified atom stereocenters. The van der Waals surface area contributed by atoms with Gasteiger partial charge in [0.25, 0.3) is 0 Å². The fraction of sp³-hybridized carbons (Fsp3) is 0.500. The van der Waals surface area contributed by atoms with Crippen molar-refractivity contribution in [3.63, 3.8) is 0 Å². The Balaban J connectivity index is 2.17. The molecule has 1 saturated carbocycles. The Morgan fingerprint density at radius 2 is 2.18 bits per heavy atom. The summed E-state index contributed by atoms with van der Waals surface area (Å²) in [6, 6.07) is 4.16. The zero-order valence-corrected chi connectivity index (χ0v) is 11.9. The summed E-state index contributed by atoms with van der Waals surface area (Å²) >= 11 is 3.55. The highest BCUT2D eigenvalue weighted by molar-refractivity contribution is 9.10. The van der Waals surface area contributed by atoms with Crippen LogP contribution in [0.5, 0.6) is 0 Å². The molecule has 0 radical (unpaired) electrons. The van der Waals surface area contributed by atoms with Crippen molar-refractivity contribution >= 4 is 21.6 Å².